The number of rotatable bonds is 4. The minimum atomic E-state index is -2.78. The number of carbonyl (C=O) groups excluding carboxylic acids is 1. The number of hydrogen-bond acceptors (Lipinski definition) is 7. The first kappa shape index (κ1) is 21.4. The van der Waals surface area contributed by atoms with Gasteiger partial charge in [0, 0.05) is 23.6 Å². The fraction of sp³-hybridized carbons (Fsp3) is 0.524. The fourth-order valence-corrected chi connectivity index (χ4v) is 7.17. The van der Waals surface area contributed by atoms with E-state index in [9.17, 15) is 18.4 Å². The molecule has 2 heterocycles. The number of thiophene rings is 1. The van der Waals surface area contributed by atoms with Gasteiger partial charge in [0.2, 0.25) is 0 Å². The molecule has 11 heteroatoms. The van der Waals surface area contributed by atoms with Crippen LogP contribution in [-0.2, 0) is 22.4 Å². The Hall–Kier alpha value is -2.40. The topological polar surface area (TPSA) is 101 Å². The van der Waals surface area contributed by atoms with Crippen molar-refractivity contribution in [2.45, 2.75) is 57.8 Å². The first-order valence-corrected chi connectivity index (χ1v) is 12.1. The summed E-state index contributed by atoms with van der Waals surface area (Å²) in [6.07, 6.45) is 1.34. The van der Waals surface area contributed by atoms with Crippen LogP contribution in [0, 0.1) is 18.8 Å². The van der Waals surface area contributed by atoms with E-state index in [1.165, 1.54) is 11.5 Å². The van der Waals surface area contributed by atoms with Crippen molar-refractivity contribution in [2.75, 3.05) is 5.32 Å². The second kappa shape index (κ2) is 7.87. The number of nitrogens with zero attached hydrogens (tertiary/aromatic N) is 2. The van der Waals surface area contributed by atoms with Gasteiger partial charge in [-0.05, 0) is 62.0 Å². The second-order valence-corrected chi connectivity index (χ2v) is 10.4. The van der Waals surface area contributed by atoms with Crippen LogP contribution >= 0.6 is 22.9 Å². The van der Waals surface area contributed by atoms with Crippen LogP contribution in [0.1, 0.15) is 48.4 Å². The Morgan fingerprint density at radius 3 is 2.59 bits per heavy atom. The lowest BCUT2D eigenvalue weighted by Gasteiger charge is -2.37. The molecule has 2 aromatic rings. The van der Waals surface area contributed by atoms with Crippen LogP contribution in [-0.4, -0.2) is 32.4 Å². The van der Waals surface area contributed by atoms with Gasteiger partial charge in [-0.2, -0.15) is 4.37 Å². The molecule has 2 aromatic heterocycles. The van der Waals surface area contributed by atoms with Crippen LogP contribution in [0.2, 0.25) is 0 Å². The lowest BCUT2D eigenvalue weighted by Crippen LogP contribution is -2.34. The molecule has 0 unspecified atom stereocenters. The molecule has 0 spiro atoms. The molecule has 4 aliphatic carbocycles. The third-order valence-electron chi connectivity index (χ3n) is 6.43. The molecule has 0 aromatic carbocycles. The van der Waals surface area contributed by atoms with Crippen LogP contribution in [0.5, 0.6) is 0 Å². The average Bonchev–Trinajstić information content (AvgIpc) is 3.29. The van der Waals surface area contributed by atoms with Gasteiger partial charge >= 0.3 is 6.16 Å². The molecule has 0 saturated heterocycles. The van der Waals surface area contributed by atoms with Gasteiger partial charge in [0.05, 0.1) is 11.1 Å². The highest BCUT2D eigenvalue weighted by Gasteiger charge is 2.42. The maximum atomic E-state index is 14.1. The van der Waals surface area contributed by atoms with Crippen molar-refractivity contribution in [3.63, 3.8) is 0 Å². The third kappa shape index (κ3) is 3.81. The van der Waals surface area contributed by atoms with Crippen molar-refractivity contribution in [1.29, 1.82) is 0 Å². The average molecular weight is 482 g/mol. The zero-order valence-corrected chi connectivity index (χ0v) is 18.9. The summed E-state index contributed by atoms with van der Waals surface area (Å²) in [6, 6.07) is 0. The summed E-state index contributed by atoms with van der Waals surface area (Å²) < 4.78 is 37.4. The Morgan fingerprint density at radius 2 is 1.94 bits per heavy atom. The summed E-state index contributed by atoms with van der Waals surface area (Å²) in [6.45, 7) is 1.75. The van der Waals surface area contributed by atoms with Gasteiger partial charge < -0.3 is 15.2 Å². The predicted octanol–water partition coefficient (Wildman–Crippen LogP) is 5.41. The summed E-state index contributed by atoms with van der Waals surface area (Å²) in [5.41, 5.74) is 1.81. The number of aryl methyl sites for hydroxylation is 1. The zero-order chi connectivity index (χ0) is 22.6. The normalized spacial score (nSPS) is 23.7. The van der Waals surface area contributed by atoms with Crippen molar-refractivity contribution in [2.24, 2.45) is 11.8 Å². The van der Waals surface area contributed by atoms with E-state index in [-0.39, 0.29) is 36.9 Å². The molecule has 32 heavy (non-hydrogen) atoms. The molecule has 1 amide bonds. The molecule has 0 atom stereocenters. The van der Waals surface area contributed by atoms with Crippen LogP contribution in [0.15, 0.2) is 11.3 Å². The smallest absolute Gasteiger partial charge is 0.449 e. The molecule has 4 aliphatic rings. The molecule has 2 bridgehead atoms. The van der Waals surface area contributed by atoms with E-state index in [1.807, 2.05) is 0 Å². The number of alkyl halides is 2. The third-order valence-corrected chi connectivity index (χ3v) is 8.40. The fourth-order valence-electron chi connectivity index (χ4n) is 5.03. The first-order valence-electron chi connectivity index (χ1n) is 10.5. The van der Waals surface area contributed by atoms with Gasteiger partial charge in [-0.25, -0.2) is 18.6 Å². The van der Waals surface area contributed by atoms with E-state index >= 15 is 0 Å². The number of aromatic nitrogens is 2. The molecule has 0 radical (unpaired) electrons. The lowest BCUT2D eigenvalue weighted by molar-refractivity contribution is -0.114. The molecule has 7 nitrogen and oxygen atoms in total. The van der Waals surface area contributed by atoms with Crippen molar-refractivity contribution < 1.29 is 28.2 Å². The van der Waals surface area contributed by atoms with Crippen molar-refractivity contribution in [3.8, 4) is 10.6 Å². The Bertz CT molecular complexity index is 1130. The molecular formula is C21H21F2N3O4S2. The quantitative estimate of drug-likeness (QED) is 0.567. The van der Waals surface area contributed by atoms with Gasteiger partial charge in [0.1, 0.15) is 21.6 Å². The summed E-state index contributed by atoms with van der Waals surface area (Å²) in [5.74, 6) is -2.55. The zero-order valence-electron chi connectivity index (χ0n) is 17.2. The summed E-state index contributed by atoms with van der Waals surface area (Å²) in [7, 11) is 0. The van der Waals surface area contributed by atoms with Crippen molar-refractivity contribution in [3.05, 3.63) is 27.6 Å². The highest BCUT2D eigenvalue weighted by atomic mass is 32.1. The minimum Gasteiger partial charge on any atom is -0.449 e. The van der Waals surface area contributed by atoms with E-state index in [4.69, 9.17) is 9.84 Å². The monoisotopic (exact) mass is 481 g/mol. The van der Waals surface area contributed by atoms with Crippen LogP contribution in [0.3, 0.4) is 0 Å². The van der Waals surface area contributed by atoms with E-state index < -0.39 is 18.0 Å². The Labute approximate surface area is 190 Å². The van der Waals surface area contributed by atoms with Crippen LogP contribution in [0.4, 0.5) is 18.6 Å². The Kier molecular flexibility index (Phi) is 5.28. The highest BCUT2D eigenvalue weighted by molar-refractivity contribution is 7.18. The molecular weight excluding hydrogens is 460 g/mol. The number of hydrogen-bond donors (Lipinski definition) is 2. The first-order chi connectivity index (χ1) is 15.2. The minimum absolute atomic E-state index is 0.0690. The lowest BCUT2D eigenvalue weighted by atomic mass is 9.70. The van der Waals surface area contributed by atoms with Gasteiger partial charge in [-0.1, -0.05) is 0 Å². The number of nitrogens with one attached hydrogen (secondary N) is 1. The SMILES string of the molecule is Cc1nsc(-c2c(NC(=O)C3=C(OC(=O)O)C4CCC3CC4)sc3c2CCC(F)(F)C3)n1. The summed E-state index contributed by atoms with van der Waals surface area (Å²) >= 11 is 2.31. The predicted molar refractivity (Wildman–Crippen MR) is 115 cm³/mol. The number of allylic oxidation sites excluding steroid dienone is 1. The van der Waals surface area contributed by atoms with E-state index in [0.29, 0.717) is 31.8 Å². The summed E-state index contributed by atoms with van der Waals surface area (Å²) in [5, 5.41) is 13.1. The molecule has 1 fully saturated rings. The standard InChI is InChI=1S/C21H21F2N3O4S2/c1-9-24-19(32-26-9)15-12-6-7-21(22,23)8-13(12)31-18(15)25-17(27)14-10-2-4-11(5-3-10)16(14)30-20(28)29/h10-11H,2-8H2,1H3,(H,25,27)(H,28,29). The second-order valence-electron chi connectivity index (χ2n) is 8.54. The van der Waals surface area contributed by atoms with E-state index in [0.717, 1.165) is 42.6 Å². The van der Waals surface area contributed by atoms with Crippen molar-refractivity contribution >= 4 is 39.9 Å². The van der Waals surface area contributed by atoms with Crippen LogP contribution < -0.4 is 5.32 Å². The number of carbonyl (C=O) groups is 2. The Balaban J connectivity index is 1.54. The van der Waals surface area contributed by atoms with Crippen LogP contribution in [0.25, 0.3) is 10.6 Å². The van der Waals surface area contributed by atoms with E-state index in [2.05, 4.69) is 14.7 Å². The van der Waals surface area contributed by atoms with Gasteiger partial charge in [0.15, 0.2) is 0 Å². The number of ether oxygens (including phenoxy) is 1. The molecule has 2 N–H and O–H groups in total. The number of halogens is 2. The largest absolute Gasteiger partial charge is 0.511 e. The number of fused-ring (bicyclic) bond motifs is 3. The maximum absolute atomic E-state index is 14.1. The molecule has 0 aliphatic heterocycles. The number of carboxylic acid groups (broad SMARTS) is 1. The van der Waals surface area contributed by atoms with E-state index in [1.54, 1.807) is 6.92 Å². The van der Waals surface area contributed by atoms with Gasteiger partial charge in [-0.3, -0.25) is 4.79 Å². The summed E-state index contributed by atoms with van der Waals surface area (Å²) in [4.78, 5) is 29.6. The highest BCUT2D eigenvalue weighted by Crippen LogP contribution is 2.49. The number of anilines is 1. The molecule has 170 valence electrons. The molecule has 1 saturated carbocycles. The Morgan fingerprint density at radius 1 is 1.22 bits per heavy atom. The van der Waals surface area contributed by atoms with Crippen molar-refractivity contribution in [1.82, 2.24) is 9.36 Å². The van der Waals surface area contributed by atoms with Gasteiger partial charge in [-0.15, -0.1) is 11.3 Å². The van der Waals surface area contributed by atoms with Gasteiger partial charge in [0.25, 0.3) is 11.8 Å². The number of amides is 1. The maximum Gasteiger partial charge on any atom is 0.511 e. The molecule has 6 rings (SSSR count).